The van der Waals surface area contributed by atoms with Gasteiger partial charge in [0, 0.05) is 31.4 Å². The highest BCUT2D eigenvalue weighted by Crippen LogP contribution is 2.25. The molecule has 20 heavy (non-hydrogen) atoms. The van der Waals surface area contributed by atoms with Crippen LogP contribution in [0.5, 0.6) is 5.75 Å². The first-order valence-corrected chi connectivity index (χ1v) is 6.21. The molecule has 0 bridgehead atoms. The maximum Gasteiger partial charge on any atom is 0.407 e. The quantitative estimate of drug-likeness (QED) is 0.819. The zero-order valence-corrected chi connectivity index (χ0v) is 11.1. The van der Waals surface area contributed by atoms with E-state index in [1.165, 1.54) is 30.2 Å². The Morgan fingerprint density at radius 3 is 2.90 bits per heavy atom. The van der Waals surface area contributed by atoms with Crippen molar-refractivity contribution in [3.05, 3.63) is 24.0 Å². The molecule has 3 N–H and O–H groups in total. The number of benzene rings is 1. The molecule has 1 heterocycles. The van der Waals surface area contributed by atoms with E-state index in [4.69, 9.17) is 20.3 Å². The number of ether oxygens (including phenoxy) is 2. The summed E-state index contributed by atoms with van der Waals surface area (Å²) in [7, 11) is 1.52. The standard InChI is InChI=1S/C13H17FN2O4/c1-19-7-10-5-12(6-16(10)13(17)18)20-11-3-8(14)2-9(15)4-11/h2-4,10,12H,5-7,15H2,1H3,(H,17,18). The van der Waals surface area contributed by atoms with Crippen LogP contribution in [0.15, 0.2) is 18.2 Å². The van der Waals surface area contributed by atoms with Crippen LogP contribution in [0.25, 0.3) is 0 Å². The molecule has 2 rings (SSSR count). The maximum atomic E-state index is 13.2. The lowest BCUT2D eigenvalue weighted by atomic mass is 10.2. The Morgan fingerprint density at radius 2 is 2.30 bits per heavy atom. The molecule has 1 aromatic rings. The average molecular weight is 284 g/mol. The molecule has 7 heteroatoms. The Balaban J connectivity index is 2.05. The lowest BCUT2D eigenvalue weighted by Gasteiger charge is -2.19. The van der Waals surface area contributed by atoms with Gasteiger partial charge in [-0.15, -0.1) is 0 Å². The highest BCUT2D eigenvalue weighted by molar-refractivity contribution is 5.66. The molecule has 1 amide bonds. The summed E-state index contributed by atoms with van der Waals surface area (Å²) in [6.45, 7) is 0.525. The van der Waals surface area contributed by atoms with Gasteiger partial charge in [-0.3, -0.25) is 4.90 Å². The highest BCUT2D eigenvalue weighted by Gasteiger charge is 2.36. The molecule has 2 atom stereocenters. The van der Waals surface area contributed by atoms with Crippen LogP contribution in [0, 0.1) is 5.82 Å². The van der Waals surface area contributed by atoms with Crippen molar-refractivity contribution in [3.63, 3.8) is 0 Å². The molecule has 110 valence electrons. The number of nitrogens with zero attached hydrogens (tertiary/aromatic N) is 1. The summed E-state index contributed by atoms with van der Waals surface area (Å²) in [5, 5.41) is 9.12. The number of nitrogen functional groups attached to an aromatic ring is 1. The molecular weight excluding hydrogens is 267 g/mol. The molecule has 0 radical (unpaired) electrons. The van der Waals surface area contributed by atoms with E-state index in [-0.39, 0.29) is 24.4 Å². The maximum absolute atomic E-state index is 13.2. The molecule has 1 saturated heterocycles. The third kappa shape index (κ3) is 3.30. The Morgan fingerprint density at radius 1 is 1.55 bits per heavy atom. The monoisotopic (exact) mass is 284 g/mol. The summed E-state index contributed by atoms with van der Waals surface area (Å²) in [5.74, 6) is -0.183. The molecule has 1 aromatic carbocycles. The summed E-state index contributed by atoms with van der Waals surface area (Å²) < 4.78 is 23.8. The van der Waals surface area contributed by atoms with Crippen molar-refractivity contribution < 1.29 is 23.8 Å². The molecule has 0 saturated carbocycles. The van der Waals surface area contributed by atoms with Gasteiger partial charge in [-0.2, -0.15) is 0 Å². The van der Waals surface area contributed by atoms with Crippen LogP contribution in [-0.4, -0.2) is 48.5 Å². The van der Waals surface area contributed by atoms with E-state index >= 15 is 0 Å². The summed E-state index contributed by atoms with van der Waals surface area (Å²) in [5.41, 5.74) is 5.80. The van der Waals surface area contributed by atoms with Crippen LogP contribution in [0.4, 0.5) is 14.9 Å². The summed E-state index contributed by atoms with van der Waals surface area (Å²) >= 11 is 0. The molecular formula is C13H17FN2O4. The van der Waals surface area contributed by atoms with Gasteiger partial charge in [0.05, 0.1) is 19.2 Å². The Labute approximate surface area is 115 Å². The predicted octanol–water partition coefficient (Wildman–Crippen LogP) is 1.55. The SMILES string of the molecule is COCC1CC(Oc2cc(N)cc(F)c2)CN1C(=O)O. The van der Waals surface area contributed by atoms with E-state index in [1.54, 1.807) is 0 Å². The van der Waals surface area contributed by atoms with E-state index in [1.807, 2.05) is 0 Å². The second-order valence-corrected chi connectivity index (χ2v) is 4.74. The number of nitrogens with two attached hydrogens (primary N) is 1. The number of hydrogen-bond donors (Lipinski definition) is 2. The van der Waals surface area contributed by atoms with Gasteiger partial charge < -0.3 is 20.3 Å². The predicted molar refractivity (Wildman–Crippen MR) is 70.2 cm³/mol. The Bertz CT molecular complexity index is 477. The van der Waals surface area contributed by atoms with Gasteiger partial charge in [0.15, 0.2) is 0 Å². The van der Waals surface area contributed by atoms with E-state index in [2.05, 4.69) is 0 Å². The third-order valence-corrected chi connectivity index (χ3v) is 3.18. The lowest BCUT2D eigenvalue weighted by molar-refractivity contribution is 0.0987. The van der Waals surface area contributed by atoms with Gasteiger partial charge in [-0.05, 0) is 6.07 Å². The van der Waals surface area contributed by atoms with Crippen molar-refractivity contribution in [2.45, 2.75) is 18.6 Å². The summed E-state index contributed by atoms with van der Waals surface area (Å²) in [4.78, 5) is 12.4. The fourth-order valence-electron chi connectivity index (χ4n) is 2.39. The first kappa shape index (κ1) is 14.4. The summed E-state index contributed by atoms with van der Waals surface area (Å²) in [6, 6.07) is 3.68. The summed E-state index contributed by atoms with van der Waals surface area (Å²) in [6.07, 6.45) is -0.860. The van der Waals surface area contributed by atoms with Crippen LogP contribution >= 0.6 is 0 Å². The van der Waals surface area contributed by atoms with Crippen LogP contribution in [-0.2, 0) is 4.74 Å². The number of rotatable bonds is 4. The van der Waals surface area contributed by atoms with Crippen molar-refractivity contribution in [3.8, 4) is 5.75 Å². The van der Waals surface area contributed by atoms with Crippen molar-refractivity contribution in [1.82, 2.24) is 4.90 Å². The number of anilines is 1. The van der Waals surface area contributed by atoms with Crippen molar-refractivity contribution >= 4 is 11.8 Å². The van der Waals surface area contributed by atoms with Crippen molar-refractivity contribution in [2.24, 2.45) is 0 Å². The number of halogens is 1. The number of amides is 1. The van der Waals surface area contributed by atoms with E-state index < -0.39 is 11.9 Å². The third-order valence-electron chi connectivity index (χ3n) is 3.18. The Hall–Kier alpha value is -2.02. The zero-order chi connectivity index (χ0) is 14.7. The largest absolute Gasteiger partial charge is 0.488 e. The zero-order valence-electron chi connectivity index (χ0n) is 11.1. The first-order valence-electron chi connectivity index (χ1n) is 6.21. The molecule has 0 aliphatic carbocycles. The van der Waals surface area contributed by atoms with E-state index in [9.17, 15) is 9.18 Å². The van der Waals surface area contributed by atoms with Gasteiger partial charge >= 0.3 is 6.09 Å². The highest BCUT2D eigenvalue weighted by atomic mass is 19.1. The van der Waals surface area contributed by atoms with Crippen LogP contribution in [0.1, 0.15) is 6.42 Å². The van der Waals surface area contributed by atoms with Crippen LogP contribution in [0.3, 0.4) is 0 Å². The fourth-order valence-corrected chi connectivity index (χ4v) is 2.39. The lowest BCUT2D eigenvalue weighted by Crippen LogP contribution is -2.37. The number of likely N-dealkylation sites (tertiary alicyclic amines) is 1. The van der Waals surface area contributed by atoms with Gasteiger partial charge in [-0.1, -0.05) is 0 Å². The van der Waals surface area contributed by atoms with E-state index in [0.29, 0.717) is 18.8 Å². The number of hydrogen-bond acceptors (Lipinski definition) is 4. The van der Waals surface area contributed by atoms with Gasteiger partial charge in [0.1, 0.15) is 17.7 Å². The Kier molecular flexibility index (Phi) is 4.29. The molecule has 1 aliphatic heterocycles. The molecule has 1 fully saturated rings. The first-order chi connectivity index (χ1) is 9.49. The van der Waals surface area contributed by atoms with Gasteiger partial charge in [0.2, 0.25) is 0 Å². The minimum absolute atomic E-state index is 0.222. The molecule has 0 spiro atoms. The number of methoxy groups -OCH3 is 1. The molecule has 0 aromatic heterocycles. The number of carboxylic acid groups (broad SMARTS) is 1. The van der Waals surface area contributed by atoms with Crippen molar-refractivity contribution in [2.75, 3.05) is 26.0 Å². The van der Waals surface area contributed by atoms with Crippen LogP contribution < -0.4 is 10.5 Å². The fraction of sp³-hybridized carbons (Fsp3) is 0.462. The van der Waals surface area contributed by atoms with Gasteiger partial charge in [0.25, 0.3) is 0 Å². The smallest absolute Gasteiger partial charge is 0.407 e. The minimum Gasteiger partial charge on any atom is -0.488 e. The molecule has 6 nitrogen and oxygen atoms in total. The normalized spacial score (nSPS) is 22.0. The van der Waals surface area contributed by atoms with Gasteiger partial charge in [-0.25, -0.2) is 9.18 Å². The topological polar surface area (TPSA) is 85.0 Å². The van der Waals surface area contributed by atoms with E-state index in [0.717, 1.165) is 0 Å². The number of carbonyl (C=O) groups is 1. The second-order valence-electron chi connectivity index (χ2n) is 4.74. The minimum atomic E-state index is -1.02. The molecule has 1 aliphatic rings. The second kappa shape index (κ2) is 5.96. The van der Waals surface area contributed by atoms with Crippen molar-refractivity contribution in [1.29, 1.82) is 0 Å². The van der Waals surface area contributed by atoms with Crippen LogP contribution in [0.2, 0.25) is 0 Å². The molecule has 2 unspecified atom stereocenters. The average Bonchev–Trinajstić information content (AvgIpc) is 2.71.